The molecule has 0 aliphatic heterocycles. The van der Waals surface area contributed by atoms with Gasteiger partial charge in [-0.05, 0) is 26.0 Å². The summed E-state index contributed by atoms with van der Waals surface area (Å²) < 4.78 is 5.23. The van der Waals surface area contributed by atoms with Crippen molar-refractivity contribution in [2.75, 3.05) is 20.2 Å². The number of amides is 1. The zero-order valence-electron chi connectivity index (χ0n) is 10.5. The van der Waals surface area contributed by atoms with Crippen LogP contribution in [0.3, 0.4) is 0 Å². The second-order valence-electron chi connectivity index (χ2n) is 3.98. The Morgan fingerprint density at radius 1 is 1.47 bits per heavy atom. The van der Waals surface area contributed by atoms with Crippen molar-refractivity contribution in [3.63, 3.8) is 0 Å². The number of carbonyl (C=O) groups is 1. The van der Waals surface area contributed by atoms with Gasteiger partial charge >= 0.3 is 0 Å². The lowest BCUT2D eigenvalue weighted by Gasteiger charge is -2.09. The fourth-order valence-electron chi connectivity index (χ4n) is 1.61. The van der Waals surface area contributed by atoms with Gasteiger partial charge in [0.25, 0.3) is 0 Å². The van der Waals surface area contributed by atoms with Crippen LogP contribution in [0.1, 0.15) is 17.5 Å². The molecule has 0 unspecified atom stereocenters. The number of aryl methyl sites for hydroxylation is 1. The van der Waals surface area contributed by atoms with Gasteiger partial charge in [-0.3, -0.25) is 4.79 Å². The quantitative estimate of drug-likeness (QED) is 0.725. The summed E-state index contributed by atoms with van der Waals surface area (Å²) in [6.07, 6.45) is 1.14. The Balaban J connectivity index is 2.60. The molecule has 0 saturated carbocycles. The highest BCUT2D eigenvalue weighted by molar-refractivity contribution is 5.79. The number of benzene rings is 1. The molecule has 0 aliphatic rings. The zero-order valence-corrected chi connectivity index (χ0v) is 10.5. The molecule has 1 rings (SSSR count). The topological polar surface area (TPSA) is 64.3 Å². The third-order valence-corrected chi connectivity index (χ3v) is 2.49. The molecule has 94 valence electrons. The standard InChI is InChI=1S/C13H20N2O2/c1-10-4-5-12(17-2)11(8-10)9-13(16)15-7-3-6-14/h4-5,8H,3,6-7,9,14H2,1-2H3,(H,15,16). The third kappa shape index (κ3) is 4.44. The second kappa shape index (κ2) is 6.91. The predicted molar refractivity (Wildman–Crippen MR) is 68.1 cm³/mol. The fourth-order valence-corrected chi connectivity index (χ4v) is 1.61. The summed E-state index contributed by atoms with van der Waals surface area (Å²) in [6, 6.07) is 5.83. The molecule has 0 aromatic heterocycles. The number of hydrogen-bond acceptors (Lipinski definition) is 3. The Labute approximate surface area is 102 Å². The van der Waals surface area contributed by atoms with Crippen LogP contribution in [-0.4, -0.2) is 26.1 Å². The van der Waals surface area contributed by atoms with Crippen molar-refractivity contribution in [3.8, 4) is 5.75 Å². The molecule has 4 nitrogen and oxygen atoms in total. The van der Waals surface area contributed by atoms with Crippen molar-refractivity contribution >= 4 is 5.91 Å². The minimum Gasteiger partial charge on any atom is -0.496 e. The molecule has 0 saturated heterocycles. The SMILES string of the molecule is COc1ccc(C)cc1CC(=O)NCCCN. The first-order valence-corrected chi connectivity index (χ1v) is 5.77. The Bertz CT molecular complexity index is 378. The van der Waals surface area contributed by atoms with Gasteiger partial charge in [0.1, 0.15) is 5.75 Å². The van der Waals surface area contributed by atoms with E-state index in [9.17, 15) is 4.79 Å². The Hall–Kier alpha value is -1.55. The van der Waals surface area contributed by atoms with Crippen LogP contribution in [0.15, 0.2) is 18.2 Å². The van der Waals surface area contributed by atoms with E-state index < -0.39 is 0 Å². The summed E-state index contributed by atoms with van der Waals surface area (Å²) in [7, 11) is 1.61. The maximum Gasteiger partial charge on any atom is 0.224 e. The second-order valence-corrected chi connectivity index (χ2v) is 3.98. The van der Waals surface area contributed by atoms with E-state index in [1.807, 2.05) is 25.1 Å². The summed E-state index contributed by atoms with van der Waals surface area (Å²) in [4.78, 5) is 11.7. The summed E-state index contributed by atoms with van der Waals surface area (Å²) in [5, 5.41) is 2.83. The number of rotatable bonds is 6. The van der Waals surface area contributed by atoms with E-state index in [1.54, 1.807) is 7.11 Å². The first-order chi connectivity index (χ1) is 8.17. The van der Waals surface area contributed by atoms with Crippen molar-refractivity contribution in [1.82, 2.24) is 5.32 Å². The first-order valence-electron chi connectivity index (χ1n) is 5.77. The average molecular weight is 236 g/mol. The number of carbonyl (C=O) groups excluding carboxylic acids is 1. The molecular weight excluding hydrogens is 216 g/mol. The van der Waals surface area contributed by atoms with E-state index in [0.29, 0.717) is 19.5 Å². The highest BCUT2D eigenvalue weighted by Crippen LogP contribution is 2.19. The molecule has 0 heterocycles. The van der Waals surface area contributed by atoms with E-state index in [-0.39, 0.29) is 5.91 Å². The van der Waals surface area contributed by atoms with Gasteiger partial charge in [-0.2, -0.15) is 0 Å². The number of nitrogens with two attached hydrogens (primary N) is 1. The summed E-state index contributed by atoms with van der Waals surface area (Å²) >= 11 is 0. The Morgan fingerprint density at radius 3 is 2.88 bits per heavy atom. The van der Waals surface area contributed by atoms with Gasteiger partial charge < -0.3 is 15.8 Å². The highest BCUT2D eigenvalue weighted by Gasteiger charge is 2.08. The molecule has 3 N–H and O–H groups in total. The maximum atomic E-state index is 11.7. The van der Waals surface area contributed by atoms with Gasteiger partial charge in [0.2, 0.25) is 5.91 Å². The van der Waals surface area contributed by atoms with Gasteiger partial charge in [0, 0.05) is 12.1 Å². The Morgan fingerprint density at radius 2 is 2.24 bits per heavy atom. The predicted octanol–water partition coefficient (Wildman–Crippen LogP) is 1.01. The highest BCUT2D eigenvalue weighted by atomic mass is 16.5. The lowest BCUT2D eigenvalue weighted by Crippen LogP contribution is -2.27. The van der Waals surface area contributed by atoms with Crippen LogP contribution in [0.25, 0.3) is 0 Å². The van der Waals surface area contributed by atoms with E-state index in [1.165, 1.54) is 0 Å². The number of nitrogens with one attached hydrogen (secondary N) is 1. The van der Waals surface area contributed by atoms with E-state index >= 15 is 0 Å². The lowest BCUT2D eigenvalue weighted by molar-refractivity contribution is -0.120. The van der Waals surface area contributed by atoms with Crippen LogP contribution in [-0.2, 0) is 11.2 Å². The lowest BCUT2D eigenvalue weighted by atomic mass is 10.1. The largest absolute Gasteiger partial charge is 0.496 e. The van der Waals surface area contributed by atoms with Crippen LogP contribution < -0.4 is 15.8 Å². The van der Waals surface area contributed by atoms with Crippen LogP contribution in [0.5, 0.6) is 5.75 Å². The van der Waals surface area contributed by atoms with E-state index in [0.717, 1.165) is 23.3 Å². The minimum atomic E-state index is 0.00218. The normalized spacial score (nSPS) is 10.1. The van der Waals surface area contributed by atoms with E-state index in [4.69, 9.17) is 10.5 Å². The first kappa shape index (κ1) is 13.5. The van der Waals surface area contributed by atoms with Gasteiger partial charge in [-0.15, -0.1) is 0 Å². The molecule has 0 spiro atoms. The monoisotopic (exact) mass is 236 g/mol. The van der Waals surface area contributed by atoms with Crippen molar-refractivity contribution in [2.45, 2.75) is 19.8 Å². The number of methoxy groups -OCH3 is 1. The van der Waals surface area contributed by atoms with Crippen molar-refractivity contribution in [2.24, 2.45) is 5.73 Å². The molecule has 0 fully saturated rings. The molecular formula is C13H20N2O2. The summed E-state index contributed by atoms with van der Waals surface area (Å²) in [6.45, 7) is 3.22. The van der Waals surface area contributed by atoms with E-state index in [2.05, 4.69) is 5.32 Å². The molecule has 1 aromatic carbocycles. The van der Waals surface area contributed by atoms with Gasteiger partial charge in [0.15, 0.2) is 0 Å². The molecule has 0 bridgehead atoms. The number of ether oxygens (including phenoxy) is 1. The molecule has 0 aliphatic carbocycles. The van der Waals surface area contributed by atoms with Gasteiger partial charge in [0.05, 0.1) is 13.5 Å². The van der Waals surface area contributed by atoms with Crippen LogP contribution >= 0.6 is 0 Å². The van der Waals surface area contributed by atoms with Crippen molar-refractivity contribution in [3.05, 3.63) is 29.3 Å². The molecule has 0 radical (unpaired) electrons. The van der Waals surface area contributed by atoms with Gasteiger partial charge in [-0.1, -0.05) is 17.7 Å². The maximum absolute atomic E-state index is 11.7. The summed E-state index contributed by atoms with van der Waals surface area (Å²) in [5.41, 5.74) is 7.40. The Kier molecular flexibility index (Phi) is 5.49. The van der Waals surface area contributed by atoms with Crippen LogP contribution in [0.2, 0.25) is 0 Å². The zero-order chi connectivity index (χ0) is 12.7. The van der Waals surface area contributed by atoms with Crippen LogP contribution in [0, 0.1) is 6.92 Å². The molecule has 17 heavy (non-hydrogen) atoms. The fraction of sp³-hybridized carbons (Fsp3) is 0.462. The molecule has 4 heteroatoms. The van der Waals surface area contributed by atoms with Crippen LogP contribution in [0.4, 0.5) is 0 Å². The molecule has 1 aromatic rings. The van der Waals surface area contributed by atoms with Gasteiger partial charge in [-0.25, -0.2) is 0 Å². The molecule has 0 atom stereocenters. The smallest absolute Gasteiger partial charge is 0.224 e. The molecule has 1 amide bonds. The third-order valence-electron chi connectivity index (χ3n) is 2.49. The number of hydrogen-bond donors (Lipinski definition) is 2. The van der Waals surface area contributed by atoms with Crippen molar-refractivity contribution in [1.29, 1.82) is 0 Å². The summed E-state index contributed by atoms with van der Waals surface area (Å²) in [5.74, 6) is 0.756. The average Bonchev–Trinajstić information content (AvgIpc) is 2.29. The minimum absolute atomic E-state index is 0.00218. The van der Waals surface area contributed by atoms with Crippen molar-refractivity contribution < 1.29 is 9.53 Å².